The molecular weight excluding hydrogens is 315 g/mol. The fourth-order valence-electron chi connectivity index (χ4n) is 1.94. The largest absolute Gasteiger partial charge is 0.354 e. The second-order valence-electron chi connectivity index (χ2n) is 5.23. The average Bonchev–Trinajstić information content (AvgIpc) is 3.00. The molecule has 0 bridgehead atoms. The maximum absolute atomic E-state index is 13.2. The van der Waals surface area contributed by atoms with Crippen molar-refractivity contribution in [2.24, 2.45) is 0 Å². The summed E-state index contributed by atoms with van der Waals surface area (Å²) in [6, 6.07) is 5.11. The smallest absolute Gasteiger partial charge is 0.244 e. The van der Waals surface area contributed by atoms with Crippen LogP contribution in [0.1, 0.15) is 20.3 Å². The summed E-state index contributed by atoms with van der Waals surface area (Å²) in [4.78, 5) is 24.7. The van der Waals surface area contributed by atoms with Gasteiger partial charge in [-0.1, -0.05) is 19.1 Å². The Kier molecular flexibility index (Phi) is 5.94. The Morgan fingerprint density at radius 1 is 1.38 bits per heavy atom. The summed E-state index contributed by atoms with van der Waals surface area (Å²) in [6.45, 7) is 3.90. The number of hydrogen-bond acceptors (Lipinski definition) is 5. The van der Waals surface area contributed by atoms with E-state index in [0.717, 1.165) is 11.2 Å². The molecule has 0 radical (unpaired) electrons. The van der Waals surface area contributed by atoms with Crippen molar-refractivity contribution in [2.45, 2.75) is 32.9 Å². The van der Waals surface area contributed by atoms with Crippen molar-refractivity contribution < 1.29 is 14.0 Å². The van der Waals surface area contributed by atoms with Gasteiger partial charge < -0.3 is 10.6 Å². The second kappa shape index (κ2) is 8.14. The van der Waals surface area contributed by atoms with E-state index in [0.29, 0.717) is 12.1 Å². The molecule has 2 aromatic rings. The predicted octanol–water partition coefficient (Wildman–Crippen LogP) is 0.510. The quantitative estimate of drug-likeness (QED) is 0.768. The lowest BCUT2D eigenvalue weighted by Gasteiger charge is -2.13. The summed E-state index contributed by atoms with van der Waals surface area (Å²) in [6.07, 6.45) is 0.818. The van der Waals surface area contributed by atoms with Gasteiger partial charge >= 0.3 is 0 Å². The van der Waals surface area contributed by atoms with E-state index < -0.39 is 17.8 Å². The number of amides is 2. The van der Waals surface area contributed by atoms with Gasteiger partial charge in [0.05, 0.1) is 0 Å². The second-order valence-corrected chi connectivity index (χ2v) is 5.23. The molecule has 0 saturated heterocycles. The van der Waals surface area contributed by atoms with E-state index >= 15 is 0 Å². The topological polar surface area (TPSA) is 102 Å². The Bertz CT molecular complexity index is 717. The minimum atomic E-state index is -0.657. The highest BCUT2D eigenvalue weighted by Gasteiger charge is 2.16. The van der Waals surface area contributed by atoms with Gasteiger partial charge in [-0.3, -0.25) is 9.59 Å². The molecule has 0 aliphatic rings. The van der Waals surface area contributed by atoms with Crippen LogP contribution in [0.2, 0.25) is 0 Å². The highest BCUT2D eigenvalue weighted by Crippen LogP contribution is 2.14. The summed E-state index contributed by atoms with van der Waals surface area (Å²) in [5.41, 5.74) is 0.467. The Morgan fingerprint density at radius 2 is 2.17 bits per heavy atom. The van der Waals surface area contributed by atoms with Gasteiger partial charge in [0.1, 0.15) is 18.4 Å². The van der Waals surface area contributed by atoms with E-state index in [-0.39, 0.29) is 18.3 Å². The number of nitrogens with one attached hydrogen (secondary N) is 2. The van der Waals surface area contributed by atoms with Gasteiger partial charge in [-0.25, -0.2) is 4.39 Å². The molecule has 2 rings (SSSR count). The molecule has 1 aromatic carbocycles. The highest BCUT2D eigenvalue weighted by atomic mass is 19.1. The van der Waals surface area contributed by atoms with Crippen molar-refractivity contribution in [1.29, 1.82) is 0 Å². The number of benzene rings is 1. The molecule has 24 heavy (non-hydrogen) atoms. The predicted molar refractivity (Wildman–Crippen MR) is 84.1 cm³/mol. The third-order valence-electron chi connectivity index (χ3n) is 3.14. The van der Waals surface area contributed by atoms with Crippen LogP contribution in [0.4, 0.5) is 4.39 Å². The normalized spacial score (nSPS) is 11.8. The zero-order valence-corrected chi connectivity index (χ0v) is 13.5. The van der Waals surface area contributed by atoms with E-state index in [9.17, 15) is 14.0 Å². The van der Waals surface area contributed by atoms with E-state index in [4.69, 9.17) is 0 Å². The minimum absolute atomic E-state index is 0.187. The van der Waals surface area contributed by atoms with Crippen molar-refractivity contribution in [2.75, 3.05) is 6.54 Å². The van der Waals surface area contributed by atoms with Gasteiger partial charge in [0, 0.05) is 12.1 Å². The third kappa shape index (κ3) is 4.83. The molecule has 128 valence electrons. The molecule has 8 nitrogen and oxygen atoms in total. The Balaban J connectivity index is 1.92. The number of aromatic nitrogens is 4. The molecule has 1 atom stereocenters. The SMILES string of the molecule is CCCNC(=O)[C@H](C)NC(=O)Cn1nnc(-c2cccc(F)c2)n1. The first-order valence-electron chi connectivity index (χ1n) is 7.60. The van der Waals surface area contributed by atoms with Crippen LogP contribution in [-0.4, -0.2) is 44.6 Å². The van der Waals surface area contributed by atoms with Crippen LogP contribution in [0.5, 0.6) is 0 Å². The molecule has 1 heterocycles. The maximum atomic E-state index is 13.2. The number of carbonyl (C=O) groups is 2. The van der Waals surface area contributed by atoms with Crippen LogP contribution >= 0.6 is 0 Å². The van der Waals surface area contributed by atoms with Gasteiger partial charge in [-0.05, 0) is 30.7 Å². The summed E-state index contributed by atoms with van der Waals surface area (Å²) in [5, 5.41) is 16.8. The van der Waals surface area contributed by atoms with Crippen LogP contribution in [0.3, 0.4) is 0 Å². The van der Waals surface area contributed by atoms with E-state index in [1.807, 2.05) is 6.92 Å². The lowest BCUT2D eigenvalue weighted by atomic mass is 10.2. The molecule has 2 amide bonds. The lowest BCUT2D eigenvalue weighted by molar-refractivity contribution is -0.129. The average molecular weight is 334 g/mol. The fourth-order valence-corrected chi connectivity index (χ4v) is 1.94. The zero-order valence-electron chi connectivity index (χ0n) is 13.5. The number of tetrazole rings is 1. The molecule has 0 fully saturated rings. The lowest BCUT2D eigenvalue weighted by Crippen LogP contribution is -2.46. The Hall–Kier alpha value is -2.84. The molecular formula is C15H19FN6O2. The molecule has 0 spiro atoms. The number of carbonyl (C=O) groups excluding carboxylic acids is 2. The molecule has 2 N–H and O–H groups in total. The van der Waals surface area contributed by atoms with Crippen LogP contribution < -0.4 is 10.6 Å². The summed E-state index contributed by atoms with van der Waals surface area (Å²) >= 11 is 0. The van der Waals surface area contributed by atoms with Crippen molar-refractivity contribution in [1.82, 2.24) is 30.8 Å². The van der Waals surface area contributed by atoms with Crippen LogP contribution in [0.15, 0.2) is 24.3 Å². The molecule has 1 aromatic heterocycles. The molecule has 0 aliphatic heterocycles. The summed E-state index contributed by atoms with van der Waals surface area (Å²) < 4.78 is 13.2. The number of rotatable bonds is 7. The Labute approximate surface area is 138 Å². The standard InChI is InChI=1S/C15H19FN6O2/c1-3-7-17-15(24)10(2)18-13(23)9-22-20-14(19-21-22)11-5-4-6-12(16)8-11/h4-6,8,10H,3,7,9H2,1-2H3,(H,17,24)(H,18,23)/t10-/m0/s1. The van der Waals surface area contributed by atoms with Crippen molar-refractivity contribution in [3.05, 3.63) is 30.1 Å². The molecule has 0 saturated carbocycles. The van der Waals surface area contributed by atoms with Crippen molar-refractivity contribution in [3.63, 3.8) is 0 Å². The van der Waals surface area contributed by atoms with Gasteiger partial charge in [-0.2, -0.15) is 4.80 Å². The van der Waals surface area contributed by atoms with Crippen LogP contribution in [-0.2, 0) is 16.1 Å². The van der Waals surface area contributed by atoms with Gasteiger partial charge in [0.25, 0.3) is 0 Å². The van der Waals surface area contributed by atoms with Crippen molar-refractivity contribution in [3.8, 4) is 11.4 Å². The van der Waals surface area contributed by atoms with Crippen LogP contribution in [0.25, 0.3) is 11.4 Å². The van der Waals surface area contributed by atoms with Gasteiger partial charge in [0.2, 0.25) is 17.6 Å². The minimum Gasteiger partial charge on any atom is -0.354 e. The summed E-state index contributed by atoms with van der Waals surface area (Å²) in [5.74, 6) is -0.862. The first-order valence-corrected chi connectivity index (χ1v) is 7.60. The highest BCUT2D eigenvalue weighted by molar-refractivity contribution is 5.87. The van der Waals surface area contributed by atoms with Gasteiger partial charge in [-0.15, -0.1) is 10.2 Å². The first kappa shape index (κ1) is 17.5. The molecule has 0 unspecified atom stereocenters. The van der Waals surface area contributed by atoms with E-state index in [1.54, 1.807) is 13.0 Å². The monoisotopic (exact) mass is 334 g/mol. The molecule has 0 aliphatic carbocycles. The first-order chi connectivity index (χ1) is 11.5. The van der Waals surface area contributed by atoms with Crippen LogP contribution in [0, 0.1) is 5.82 Å². The molecule has 9 heteroatoms. The third-order valence-corrected chi connectivity index (χ3v) is 3.14. The summed E-state index contributed by atoms with van der Waals surface area (Å²) in [7, 11) is 0. The van der Waals surface area contributed by atoms with Crippen molar-refractivity contribution >= 4 is 11.8 Å². The number of halogens is 1. The zero-order chi connectivity index (χ0) is 17.5. The van der Waals surface area contributed by atoms with E-state index in [1.165, 1.54) is 18.2 Å². The Morgan fingerprint density at radius 3 is 2.88 bits per heavy atom. The number of nitrogens with zero attached hydrogens (tertiary/aromatic N) is 4. The van der Waals surface area contributed by atoms with E-state index in [2.05, 4.69) is 26.0 Å². The number of hydrogen-bond donors (Lipinski definition) is 2. The fraction of sp³-hybridized carbons (Fsp3) is 0.400. The van der Waals surface area contributed by atoms with Gasteiger partial charge in [0.15, 0.2) is 0 Å². The maximum Gasteiger partial charge on any atom is 0.244 e.